The van der Waals surface area contributed by atoms with Gasteiger partial charge >= 0.3 is 0 Å². The molecule has 7 heteroatoms. The van der Waals surface area contributed by atoms with Gasteiger partial charge in [0.1, 0.15) is 9.84 Å². The first kappa shape index (κ1) is 15.2. The monoisotopic (exact) mass is 307 g/mol. The number of aromatic nitrogens is 2. The third kappa shape index (κ3) is 5.03. The van der Waals surface area contributed by atoms with Gasteiger partial charge in [0, 0.05) is 31.6 Å². The molecule has 0 aliphatic rings. The van der Waals surface area contributed by atoms with Crippen LogP contribution in [0.1, 0.15) is 12.0 Å². The molecule has 0 saturated carbocycles. The molecule has 1 heterocycles. The van der Waals surface area contributed by atoms with E-state index in [9.17, 15) is 13.2 Å². The smallest absolute Gasteiger partial charge is 0.221 e. The quantitative estimate of drug-likeness (QED) is 0.860. The van der Waals surface area contributed by atoms with Crippen molar-refractivity contribution in [2.45, 2.75) is 13.0 Å². The molecule has 0 spiro atoms. The highest BCUT2D eigenvalue weighted by molar-refractivity contribution is 7.90. The molecule has 1 N–H and O–H groups in total. The summed E-state index contributed by atoms with van der Waals surface area (Å²) < 4.78 is 23.7. The number of hydrogen-bond acceptors (Lipinski definition) is 4. The Morgan fingerprint density at radius 1 is 1.29 bits per heavy atom. The van der Waals surface area contributed by atoms with Gasteiger partial charge in [-0.05, 0) is 23.8 Å². The van der Waals surface area contributed by atoms with Crippen LogP contribution in [-0.2, 0) is 21.2 Å². The van der Waals surface area contributed by atoms with Crippen LogP contribution in [0.4, 0.5) is 0 Å². The van der Waals surface area contributed by atoms with E-state index in [0.29, 0.717) is 6.54 Å². The third-order valence-corrected chi connectivity index (χ3v) is 3.84. The van der Waals surface area contributed by atoms with Crippen molar-refractivity contribution < 1.29 is 13.2 Å². The molecular formula is C14H17N3O3S. The lowest BCUT2D eigenvalue weighted by atomic mass is 10.2. The minimum Gasteiger partial charge on any atom is -0.352 e. The Morgan fingerprint density at radius 2 is 2.00 bits per heavy atom. The largest absolute Gasteiger partial charge is 0.352 e. The lowest BCUT2D eigenvalue weighted by Crippen LogP contribution is -2.24. The van der Waals surface area contributed by atoms with Crippen molar-refractivity contribution in [3.63, 3.8) is 0 Å². The molecule has 0 bridgehead atoms. The average Bonchev–Trinajstić information content (AvgIpc) is 2.97. The van der Waals surface area contributed by atoms with E-state index >= 15 is 0 Å². The van der Waals surface area contributed by atoms with Crippen LogP contribution in [0, 0.1) is 0 Å². The van der Waals surface area contributed by atoms with E-state index in [1.165, 1.54) is 0 Å². The van der Waals surface area contributed by atoms with E-state index in [1.54, 1.807) is 10.9 Å². The number of carbonyl (C=O) groups excluding carboxylic acids is 1. The summed E-state index contributed by atoms with van der Waals surface area (Å²) in [6.07, 6.45) is 4.66. The average molecular weight is 307 g/mol. The highest BCUT2D eigenvalue weighted by Gasteiger charge is 2.07. The van der Waals surface area contributed by atoms with E-state index < -0.39 is 9.84 Å². The molecule has 0 radical (unpaired) electrons. The number of nitrogens with zero attached hydrogens (tertiary/aromatic N) is 2. The van der Waals surface area contributed by atoms with Gasteiger partial charge in [0.05, 0.1) is 11.4 Å². The molecule has 0 fully saturated rings. The molecule has 1 amide bonds. The Kier molecular flexibility index (Phi) is 4.74. The molecule has 1 aromatic heterocycles. The number of hydrogen-bond donors (Lipinski definition) is 1. The zero-order chi connectivity index (χ0) is 15.3. The molecule has 6 nitrogen and oxygen atoms in total. The number of carbonyl (C=O) groups is 1. The topological polar surface area (TPSA) is 81.1 Å². The van der Waals surface area contributed by atoms with Gasteiger partial charge in [0.15, 0.2) is 0 Å². The van der Waals surface area contributed by atoms with Crippen LogP contribution < -0.4 is 5.32 Å². The normalized spacial score (nSPS) is 11.3. The van der Waals surface area contributed by atoms with E-state index in [-0.39, 0.29) is 18.1 Å². The highest BCUT2D eigenvalue weighted by atomic mass is 32.2. The molecular weight excluding hydrogens is 290 g/mol. The fourth-order valence-electron chi connectivity index (χ4n) is 1.76. The second kappa shape index (κ2) is 6.53. The summed E-state index contributed by atoms with van der Waals surface area (Å²) in [4.78, 5) is 11.5. The number of rotatable bonds is 6. The van der Waals surface area contributed by atoms with Gasteiger partial charge in [-0.2, -0.15) is 5.10 Å². The first-order valence-electron chi connectivity index (χ1n) is 6.47. The zero-order valence-electron chi connectivity index (χ0n) is 11.7. The minimum atomic E-state index is -3.10. The summed E-state index contributed by atoms with van der Waals surface area (Å²) in [7, 11) is -3.10. The Labute approximate surface area is 123 Å². The number of amides is 1. The van der Waals surface area contributed by atoms with Crippen LogP contribution in [0.15, 0.2) is 42.7 Å². The van der Waals surface area contributed by atoms with E-state index in [4.69, 9.17) is 0 Å². The first-order valence-corrected chi connectivity index (χ1v) is 8.53. The second-order valence-electron chi connectivity index (χ2n) is 4.77. The Hall–Kier alpha value is -2.15. The third-order valence-electron chi connectivity index (χ3n) is 2.89. The number of nitrogens with one attached hydrogen (secondary N) is 1. The van der Waals surface area contributed by atoms with Crippen LogP contribution in [0.2, 0.25) is 0 Å². The van der Waals surface area contributed by atoms with Crippen molar-refractivity contribution in [3.8, 4) is 5.69 Å². The van der Waals surface area contributed by atoms with Gasteiger partial charge in [-0.25, -0.2) is 13.1 Å². The predicted octanol–water partition coefficient (Wildman–Crippen LogP) is 0.923. The van der Waals surface area contributed by atoms with E-state index in [0.717, 1.165) is 17.5 Å². The molecule has 21 heavy (non-hydrogen) atoms. The highest BCUT2D eigenvalue weighted by Crippen LogP contribution is 2.08. The fraction of sp³-hybridized carbons (Fsp3) is 0.286. The van der Waals surface area contributed by atoms with Gasteiger partial charge in [0.2, 0.25) is 5.91 Å². The molecule has 0 saturated heterocycles. The molecule has 0 unspecified atom stereocenters. The molecule has 2 aromatic rings. The van der Waals surface area contributed by atoms with Crippen LogP contribution in [0.5, 0.6) is 0 Å². The Bertz CT molecular complexity index is 692. The number of sulfone groups is 1. The maximum absolute atomic E-state index is 11.5. The molecule has 0 aliphatic carbocycles. The van der Waals surface area contributed by atoms with Crippen molar-refractivity contribution in [1.29, 1.82) is 0 Å². The summed E-state index contributed by atoms with van der Waals surface area (Å²) in [5, 5.41) is 6.83. The van der Waals surface area contributed by atoms with Crippen molar-refractivity contribution in [1.82, 2.24) is 15.1 Å². The van der Waals surface area contributed by atoms with Crippen molar-refractivity contribution in [3.05, 3.63) is 48.3 Å². The van der Waals surface area contributed by atoms with E-state index in [2.05, 4.69) is 10.4 Å². The molecule has 2 rings (SSSR count). The SMILES string of the molecule is CS(=O)(=O)CCC(=O)NCc1ccc(-n2cccn2)cc1. The van der Waals surface area contributed by atoms with Crippen molar-refractivity contribution in [2.75, 3.05) is 12.0 Å². The zero-order valence-corrected chi connectivity index (χ0v) is 12.5. The maximum atomic E-state index is 11.5. The lowest BCUT2D eigenvalue weighted by molar-refractivity contribution is -0.120. The van der Waals surface area contributed by atoms with E-state index in [1.807, 2.05) is 36.5 Å². The van der Waals surface area contributed by atoms with Crippen molar-refractivity contribution >= 4 is 15.7 Å². The predicted molar refractivity (Wildman–Crippen MR) is 79.7 cm³/mol. The van der Waals surface area contributed by atoms with Crippen LogP contribution in [0.25, 0.3) is 5.69 Å². The first-order chi connectivity index (χ1) is 9.94. The summed E-state index contributed by atoms with van der Waals surface area (Å²) in [6, 6.07) is 9.45. The minimum absolute atomic E-state index is 0.00972. The summed E-state index contributed by atoms with van der Waals surface area (Å²) in [6.45, 7) is 0.377. The van der Waals surface area contributed by atoms with Crippen LogP contribution in [-0.4, -0.2) is 36.1 Å². The molecule has 1 aromatic carbocycles. The molecule has 0 aliphatic heterocycles. The van der Waals surface area contributed by atoms with Gasteiger partial charge in [-0.15, -0.1) is 0 Å². The van der Waals surface area contributed by atoms with Gasteiger partial charge < -0.3 is 5.32 Å². The van der Waals surface area contributed by atoms with Gasteiger partial charge in [-0.3, -0.25) is 4.79 Å². The standard InChI is InChI=1S/C14H17N3O3S/c1-21(19,20)10-7-14(18)15-11-12-3-5-13(6-4-12)17-9-2-8-16-17/h2-6,8-9H,7,10-11H2,1H3,(H,15,18). The summed E-state index contributed by atoms with van der Waals surface area (Å²) in [5.74, 6) is -0.395. The lowest BCUT2D eigenvalue weighted by Gasteiger charge is -2.06. The Balaban J connectivity index is 1.85. The van der Waals surface area contributed by atoms with Crippen molar-refractivity contribution in [2.24, 2.45) is 0 Å². The summed E-state index contributed by atoms with van der Waals surface area (Å²) >= 11 is 0. The van der Waals surface area contributed by atoms with Gasteiger partial charge in [-0.1, -0.05) is 12.1 Å². The number of benzene rings is 1. The fourth-order valence-corrected chi connectivity index (χ4v) is 2.31. The maximum Gasteiger partial charge on any atom is 0.221 e. The summed E-state index contributed by atoms with van der Waals surface area (Å²) in [5.41, 5.74) is 1.88. The molecule has 112 valence electrons. The van der Waals surface area contributed by atoms with Crippen LogP contribution in [0.3, 0.4) is 0 Å². The second-order valence-corrected chi connectivity index (χ2v) is 7.03. The Morgan fingerprint density at radius 3 is 2.57 bits per heavy atom. The molecule has 0 atom stereocenters. The van der Waals surface area contributed by atoms with Crippen LogP contribution >= 0.6 is 0 Å². The van der Waals surface area contributed by atoms with Gasteiger partial charge in [0.25, 0.3) is 0 Å².